The molecule has 0 radical (unpaired) electrons. The number of carbonyl (C=O) groups is 2. The Balaban J connectivity index is 3.09. The minimum Gasteiger partial charge on any atom is -0.478 e. The van der Waals surface area contributed by atoms with Gasteiger partial charge in [-0.1, -0.05) is 12.8 Å². The van der Waals surface area contributed by atoms with Crippen LogP contribution in [0.3, 0.4) is 0 Å². The minimum absolute atomic E-state index is 0.313. The van der Waals surface area contributed by atoms with Gasteiger partial charge in [0.05, 0.1) is 11.1 Å². The Hall–Kier alpha value is -1.40. The zero-order valence-electron chi connectivity index (χ0n) is 8.85. The van der Waals surface area contributed by atoms with E-state index in [1.54, 1.807) is 0 Å². The van der Waals surface area contributed by atoms with Crippen LogP contribution in [0.2, 0.25) is 0 Å². The average molecular weight is 228 g/mol. The molecule has 2 unspecified atom stereocenters. The van der Waals surface area contributed by atoms with Crippen molar-refractivity contribution < 1.29 is 19.8 Å². The van der Waals surface area contributed by atoms with Gasteiger partial charge in [0.1, 0.15) is 0 Å². The second-order valence-corrected chi connectivity index (χ2v) is 4.09. The van der Waals surface area contributed by atoms with Gasteiger partial charge in [0, 0.05) is 12.1 Å². The molecule has 6 N–H and O–H groups in total. The Morgan fingerprint density at radius 2 is 1.94 bits per heavy atom. The number of hydrogen-bond acceptors (Lipinski definition) is 4. The van der Waals surface area contributed by atoms with E-state index in [2.05, 4.69) is 0 Å². The SMILES string of the molecule is NC1CCCCC1(N)/C(=C\C(=O)O)C(=O)O. The molecule has 1 aliphatic carbocycles. The number of carboxylic acid groups (broad SMARTS) is 2. The second-order valence-electron chi connectivity index (χ2n) is 4.09. The molecule has 1 aliphatic rings. The van der Waals surface area contributed by atoms with Gasteiger partial charge in [0.25, 0.3) is 0 Å². The first-order valence-electron chi connectivity index (χ1n) is 5.11. The van der Waals surface area contributed by atoms with Crippen LogP contribution in [0.1, 0.15) is 25.7 Å². The van der Waals surface area contributed by atoms with Crippen molar-refractivity contribution >= 4 is 11.9 Å². The van der Waals surface area contributed by atoms with Crippen LogP contribution < -0.4 is 11.5 Å². The lowest BCUT2D eigenvalue weighted by Crippen LogP contribution is -2.59. The first kappa shape index (κ1) is 12.7. The van der Waals surface area contributed by atoms with E-state index < -0.39 is 23.5 Å². The molecule has 1 saturated carbocycles. The lowest BCUT2D eigenvalue weighted by molar-refractivity contribution is -0.136. The molecule has 0 spiro atoms. The lowest BCUT2D eigenvalue weighted by Gasteiger charge is -2.39. The van der Waals surface area contributed by atoms with E-state index in [1.165, 1.54) is 0 Å². The van der Waals surface area contributed by atoms with Gasteiger partial charge < -0.3 is 21.7 Å². The van der Waals surface area contributed by atoms with Crippen molar-refractivity contribution in [3.63, 3.8) is 0 Å². The molecule has 1 rings (SSSR count). The van der Waals surface area contributed by atoms with Gasteiger partial charge in [-0.25, -0.2) is 9.59 Å². The van der Waals surface area contributed by atoms with Gasteiger partial charge in [0.15, 0.2) is 0 Å². The molecule has 16 heavy (non-hydrogen) atoms. The fourth-order valence-electron chi connectivity index (χ4n) is 2.08. The Bertz CT molecular complexity index is 340. The Labute approximate surface area is 92.9 Å². The van der Waals surface area contributed by atoms with Crippen LogP contribution in [-0.4, -0.2) is 33.7 Å². The highest BCUT2D eigenvalue weighted by Gasteiger charge is 2.41. The Kier molecular flexibility index (Phi) is 3.66. The first-order valence-corrected chi connectivity index (χ1v) is 5.11. The standard InChI is InChI=1S/C10H16N2O4/c11-7-3-1-2-4-10(7,12)6(9(15)16)5-8(13)14/h5,7H,1-4,11-12H2,(H,13,14)(H,15,16)/b6-5-. The van der Waals surface area contributed by atoms with Gasteiger partial charge in [0.2, 0.25) is 0 Å². The van der Waals surface area contributed by atoms with E-state index in [0.717, 1.165) is 12.8 Å². The van der Waals surface area contributed by atoms with Gasteiger partial charge in [-0.2, -0.15) is 0 Å². The summed E-state index contributed by atoms with van der Waals surface area (Å²) in [5.74, 6) is -2.64. The third-order valence-corrected chi connectivity index (χ3v) is 3.02. The van der Waals surface area contributed by atoms with Crippen molar-refractivity contribution in [2.24, 2.45) is 11.5 Å². The molecular weight excluding hydrogens is 212 g/mol. The monoisotopic (exact) mass is 228 g/mol. The zero-order valence-corrected chi connectivity index (χ0v) is 8.85. The van der Waals surface area contributed by atoms with E-state index >= 15 is 0 Å². The molecule has 2 atom stereocenters. The lowest BCUT2D eigenvalue weighted by atomic mass is 9.73. The number of hydrogen-bond donors (Lipinski definition) is 4. The van der Waals surface area contributed by atoms with Crippen molar-refractivity contribution in [2.45, 2.75) is 37.3 Å². The summed E-state index contributed by atoms with van der Waals surface area (Å²) < 4.78 is 0. The maximum absolute atomic E-state index is 11.0. The highest BCUT2D eigenvalue weighted by atomic mass is 16.4. The summed E-state index contributed by atoms with van der Waals surface area (Å²) in [4.78, 5) is 21.6. The fraction of sp³-hybridized carbons (Fsp3) is 0.600. The number of carboxylic acids is 2. The summed E-state index contributed by atoms with van der Waals surface area (Å²) in [6.07, 6.45) is 3.31. The van der Waals surface area contributed by atoms with Gasteiger partial charge in [-0.05, 0) is 12.8 Å². The van der Waals surface area contributed by atoms with E-state index in [1.807, 2.05) is 0 Å². The molecule has 0 heterocycles. The maximum Gasteiger partial charge on any atom is 0.333 e. The topological polar surface area (TPSA) is 127 Å². The molecule has 90 valence electrons. The Morgan fingerprint density at radius 3 is 2.38 bits per heavy atom. The average Bonchev–Trinajstić information content (AvgIpc) is 2.18. The van der Waals surface area contributed by atoms with Crippen molar-refractivity contribution in [1.29, 1.82) is 0 Å². The third kappa shape index (κ3) is 2.40. The predicted octanol–water partition coefficient (Wildman–Crippen LogP) is -0.319. The second kappa shape index (κ2) is 4.63. The molecular formula is C10H16N2O4. The number of rotatable bonds is 3. The van der Waals surface area contributed by atoms with Crippen LogP contribution in [0.25, 0.3) is 0 Å². The van der Waals surface area contributed by atoms with E-state index in [4.69, 9.17) is 21.7 Å². The smallest absolute Gasteiger partial charge is 0.333 e. The van der Waals surface area contributed by atoms with E-state index in [0.29, 0.717) is 18.9 Å². The predicted molar refractivity (Wildman–Crippen MR) is 56.7 cm³/mol. The van der Waals surface area contributed by atoms with Gasteiger partial charge in [-0.15, -0.1) is 0 Å². The number of aliphatic carboxylic acids is 2. The summed E-state index contributed by atoms with van der Waals surface area (Å²) in [5, 5.41) is 17.6. The van der Waals surface area contributed by atoms with Crippen LogP contribution in [-0.2, 0) is 9.59 Å². The molecule has 0 amide bonds. The summed E-state index contributed by atoms with van der Waals surface area (Å²) in [6.45, 7) is 0. The van der Waals surface area contributed by atoms with Crippen LogP contribution in [0.5, 0.6) is 0 Å². The molecule has 0 bridgehead atoms. The van der Waals surface area contributed by atoms with Gasteiger partial charge in [-0.3, -0.25) is 0 Å². The highest BCUT2D eigenvalue weighted by Crippen LogP contribution is 2.31. The van der Waals surface area contributed by atoms with Crippen LogP contribution in [0, 0.1) is 0 Å². The molecule has 6 heteroatoms. The Morgan fingerprint density at radius 1 is 1.31 bits per heavy atom. The molecule has 0 saturated heterocycles. The van der Waals surface area contributed by atoms with Crippen molar-refractivity contribution in [2.75, 3.05) is 0 Å². The van der Waals surface area contributed by atoms with Crippen molar-refractivity contribution in [3.05, 3.63) is 11.6 Å². The van der Waals surface area contributed by atoms with E-state index in [9.17, 15) is 9.59 Å². The number of nitrogens with two attached hydrogens (primary N) is 2. The van der Waals surface area contributed by atoms with Crippen LogP contribution in [0.15, 0.2) is 11.6 Å². The normalized spacial score (nSPS) is 31.1. The summed E-state index contributed by atoms with van der Waals surface area (Å²) >= 11 is 0. The summed E-state index contributed by atoms with van der Waals surface area (Å²) in [7, 11) is 0. The zero-order chi connectivity index (χ0) is 12.3. The molecule has 1 fully saturated rings. The van der Waals surface area contributed by atoms with Crippen LogP contribution >= 0.6 is 0 Å². The maximum atomic E-state index is 11.0. The van der Waals surface area contributed by atoms with E-state index in [-0.39, 0.29) is 5.57 Å². The third-order valence-electron chi connectivity index (χ3n) is 3.02. The van der Waals surface area contributed by atoms with Crippen molar-refractivity contribution in [1.82, 2.24) is 0 Å². The summed E-state index contributed by atoms with van der Waals surface area (Å²) in [6, 6.07) is -0.511. The minimum atomic E-state index is -1.32. The molecule has 0 aromatic rings. The molecule has 6 nitrogen and oxygen atoms in total. The largest absolute Gasteiger partial charge is 0.478 e. The first-order chi connectivity index (χ1) is 7.38. The fourth-order valence-corrected chi connectivity index (χ4v) is 2.08. The molecule has 0 aromatic heterocycles. The van der Waals surface area contributed by atoms with Gasteiger partial charge >= 0.3 is 11.9 Å². The molecule has 0 aromatic carbocycles. The highest BCUT2D eigenvalue weighted by molar-refractivity contribution is 5.96. The quantitative estimate of drug-likeness (QED) is 0.490. The summed E-state index contributed by atoms with van der Waals surface area (Å²) in [5.41, 5.74) is 10.2. The molecule has 0 aliphatic heterocycles. The van der Waals surface area contributed by atoms with Crippen molar-refractivity contribution in [3.8, 4) is 0 Å². The van der Waals surface area contributed by atoms with Crippen LogP contribution in [0.4, 0.5) is 0 Å².